The Morgan fingerprint density at radius 3 is 2.87 bits per heavy atom. The summed E-state index contributed by atoms with van der Waals surface area (Å²) < 4.78 is 0. The molecule has 1 fully saturated rings. The molecule has 0 spiro atoms. The number of nitrogens with one attached hydrogen (secondary N) is 1. The molecule has 122 valence electrons. The Hall–Kier alpha value is -1.39. The highest BCUT2D eigenvalue weighted by Gasteiger charge is 2.22. The first-order chi connectivity index (χ1) is 11.1. The largest absolute Gasteiger partial charge is 0.302 e. The summed E-state index contributed by atoms with van der Waals surface area (Å²) in [6.45, 7) is 1.99. The fourth-order valence-corrected chi connectivity index (χ4v) is 4.26. The molecular formula is C18H21ClN2OS. The molecule has 3 nitrogen and oxygen atoms in total. The molecule has 1 amide bonds. The topological polar surface area (TPSA) is 42.0 Å². The fourth-order valence-electron chi connectivity index (χ4n) is 3.05. The normalized spacial score (nSPS) is 15.6. The van der Waals surface area contributed by atoms with E-state index in [0.717, 1.165) is 53.5 Å². The van der Waals surface area contributed by atoms with Crippen molar-refractivity contribution in [1.82, 2.24) is 4.98 Å². The third-order valence-electron chi connectivity index (χ3n) is 4.35. The van der Waals surface area contributed by atoms with Crippen LogP contribution in [0.4, 0.5) is 5.13 Å². The van der Waals surface area contributed by atoms with Crippen molar-refractivity contribution in [2.75, 3.05) is 5.32 Å². The molecule has 1 aromatic heterocycles. The predicted octanol–water partition coefficient (Wildman–Crippen LogP) is 5.21. The van der Waals surface area contributed by atoms with E-state index in [4.69, 9.17) is 11.6 Å². The summed E-state index contributed by atoms with van der Waals surface area (Å²) >= 11 is 7.61. The van der Waals surface area contributed by atoms with Gasteiger partial charge in [-0.1, -0.05) is 43.0 Å². The number of benzene rings is 1. The lowest BCUT2D eigenvalue weighted by atomic mass is 9.89. The van der Waals surface area contributed by atoms with Crippen LogP contribution in [-0.2, 0) is 11.2 Å². The average Bonchev–Trinajstić information content (AvgIpc) is 2.87. The maximum atomic E-state index is 12.3. The number of hydrogen-bond donors (Lipinski definition) is 1. The van der Waals surface area contributed by atoms with E-state index in [1.165, 1.54) is 11.3 Å². The van der Waals surface area contributed by atoms with Crippen LogP contribution in [-0.4, -0.2) is 10.9 Å². The molecule has 1 aromatic carbocycles. The van der Waals surface area contributed by atoms with Crippen LogP contribution in [0, 0.1) is 12.8 Å². The zero-order valence-corrected chi connectivity index (χ0v) is 14.8. The van der Waals surface area contributed by atoms with Crippen molar-refractivity contribution in [3.63, 3.8) is 0 Å². The van der Waals surface area contributed by atoms with E-state index < -0.39 is 0 Å². The molecule has 3 rings (SSSR count). The zero-order chi connectivity index (χ0) is 16.2. The fraction of sp³-hybridized carbons (Fsp3) is 0.444. The number of carbonyl (C=O) groups excluding carboxylic acids is 1. The van der Waals surface area contributed by atoms with Crippen molar-refractivity contribution in [2.24, 2.45) is 5.92 Å². The van der Waals surface area contributed by atoms with Crippen molar-refractivity contribution in [2.45, 2.75) is 45.4 Å². The molecule has 0 aliphatic heterocycles. The summed E-state index contributed by atoms with van der Waals surface area (Å²) in [7, 11) is 0. The lowest BCUT2D eigenvalue weighted by Crippen LogP contribution is -2.24. The molecular weight excluding hydrogens is 328 g/mol. The van der Waals surface area contributed by atoms with Crippen LogP contribution >= 0.6 is 22.9 Å². The molecule has 0 bridgehead atoms. The molecule has 1 N–H and O–H groups in total. The molecule has 0 unspecified atom stereocenters. The molecule has 1 aliphatic rings. The first-order valence-electron chi connectivity index (χ1n) is 8.13. The summed E-state index contributed by atoms with van der Waals surface area (Å²) in [6, 6.07) is 7.87. The van der Waals surface area contributed by atoms with E-state index in [2.05, 4.69) is 16.4 Å². The second-order valence-corrected chi connectivity index (χ2v) is 7.68. The van der Waals surface area contributed by atoms with Crippen molar-refractivity contribution in [3.05, 3.63) is 45.4 Å². The summed E-state index contributed by atoms with van der Waals surface area (Å²) in [5.41, 5.74) is 2.14. The third kappa shape index (κ3) is 4.33. The second-order valence-electron chi connectivity index (χ2n) is 6.16. The van der Waals surface area contributed by atoms with E-state index in [0.29, 0.717) is 0 Å². The van der Waals surface area contributed by atoms with Gasteiger partial charge in [-0.25, -0.2) is 4.98 Å². The number of aryl methyl sites for hydroxylation is 1. The smallest absolute Gasteiger partial charge is 0.229 e. The molecule has 1 saturated carbocycles. The first-order valence-corrected chi connectivity index (χ1v) is 9.33. The Balaban J connectivity index is 1.67. The number of hydrogen-bond acceptors (Lipinski definition) is 3. The number of aromatic nitrogens is 1. The van der Waals surface area contributed by atoms with Crippen LogP contribution in [0.2, 0.25) is 5.02 Å². The van der Waals surface area contributed by atoms with Crippen molar-refractivity contribution < 1.29 is 4.79 Å². The van der Waals surface area contributed by atoms with E-state index >= 15 is 0 Å². The molecule has 0 atom stereocenters. The quantitative estimate of drug-likeness (QED) is 0.823. The third-order valence-corrected chi connectivity index (χ3v) is 5.66. The Morgan fingerprint density at radius 1 is 1.35 bits per heavy atom. The maximum absolute atomic E-state index is 12.3. The maximum Gasteiger partial charge on any atom is 0.229 e. The van der Waals surface area contributed by atoms with Gasteiger partial charge in [0.05, 0.1) is 5.69 Å². The number of anilines is 1. The van der Waals surface area contributed by atoms with Gasteiger partial charge in [0, 0.05) is 22.2 Å². The van der Waals surface area contributed by atoms with Crippen LogP contribution in [0.1, 0.15) is 48.2 Å². The second kappa shape index (κ2) is 7.45. The molecule has 0 radical (unpaired) electrons. The SMILES string of the molecule is Cc1nc(NC(=O)C2CCCCC2)sc1Cc1cccc(Cl)c1. The molecule has 23 heavy (non-hydrogen) atoms. The molecule has 1 heterocycles. The number of carbonyl (C=O) groups is 1. The number of amides is 1. The van der Waals surface area contributed by atoms with E-state index in [-0.39, 0.29) is 11.8 Å². The van der Waals surface area contributed by atoms with Crippen LogP contribution in [0.15, 0.2) is 24.3 Å². The van der Waals surface area contributed by atoms with Gasteiger partial charge in [0.2, 0.25) is 5.91 Å². The Labute approximate surface area is 146 Å². The van der Waals surface area contributed by atoms with Gasteiger partial charge in [0.15, 0.2) is 5.13 Å². The summed E-state index contributed by atoms with van der Waals surface area (Å²) in [6.07, 6.45) is 6.38. The molecule has 0 saturated heterocycles. The highest BCUT2D eigenvalue weighted by atomic mass is 35.5. The number of halogens is 1. The summed E-state index contributed by atoms with van der Waals surface area (Å²) in [4.78, 5) is 18.0. The van der Waals surface area contributed by atoms with E-state index in [1.807, 2.05) is 25.1 Å². The lowest BCUT2D eigenvalue weighted by Gasteiger charge is -2.19. The highest BCUT2D eigenvalue weighted by molar-refractivity contribution is 7.15. The minimum atomic E-state index is 0.132. The van der Waals surface area contributed by atoms with Crippen LogP contribution in [0.25, 0.3) is 0 Å². The van der Waals surface area contributed by atoms with Crippen LogP contribution in [0.5, 0.6) is 0 Å². The van der Waals surface area contributed by atoms with Gasteiger partial charge in [0.1, 0.15) is 0 Å². The van der Waals surface area contributed by atoms with Crippen LogP contribution < -0.4 is 5.32 Å². The molecule has 2 aromatic rings. The standard InChI is InChI=1S/C18H21ClN2OS/c1-12-16(11-13-6-5-9-15(19)10-13)23-18(20-12)21-17(22)14-7-3-2-4-8-14/h5-6,9-10,14H,2-4,7-8,11H2,1H3,(H,20,21,22). The van der Waals surface area contributed by atoms with Gasteiger partial charge in [-0.05, 0) is 37.5 Å². The summed E-state index contributed by atoms with van der Waals surface area (Å²) in [5.74, 6) is 0.289. The van der Waals surface area contributed by atoms with E-state index in [9.17, 15) is 4.79 Å². The van der Waals surface area contributed by atoms with Gasteiger partial charge >= 0.3 is 0 Å². The van der Waals surface area contributed by atoms with Gasteiger partial charge in [-0.3, -0.25) is 4.79 Å². The number of rotatable bonds is 4. The number of thiazole rings is 1. The minimum Gasteiger partial charge on any atom is -0.302 e. The van der Waals surface area contributed by atoms with Gasteiger partial charge in [-0.2, -0.15) is 0 Å². The Kier molecular flexibility index (Phi) is 5.34. The minimum absolute atomic E-state index is 0.132. The zero-order valence-electron chi connectivity index (χ0n) is 13.3. The van der Waals surface area contributed by atoms with E-state index in [1.54, 1.807) is 11.3 Å². The summed E-state index contributed by atoms with van der Waals surface area (Å²) in [5, 5.41) is 4.48. The monoisotopic (exact) mass is 348 g/mol. The molecule has 1 aliphatic carbocycles. The average molecular weight is 349 g/mol. The first kappa shape index (κ1) is 16.5. The van der Waals surface area contributed by atoms with Crippen LogP contribution in [0.3, 0.4) is 0 Å². The predicted molar refractivity (Wildman–Crippen MR) is 96.3 cm³/mol. The van der Waals surface area contributed by atoms with Gasteiger partial charge in [-0.15, -0.1) is 11.3 Å². The Morgan fingerprint density at radius 2 is 2.13 bits per heavy atom. The van der Waals surface area contributed by atoms with Gasteiger partial charge in [0.25, 0.3) is 0 Å². The highest BCUT2D eigenvalue weighted by Crippen LogP contribution is 2.29. The van der Waals surface area contributed by atoms with Crippen molar-refractivity contribution in [1.29, 1.82) is 0 Å². The Bertz CT molecular complexity index is 692. The number of nitrogens with zero attached hydrogens (tertiary/aromatic N) is 1. The lowest BCUT2D eigenvalue weighted by molar-refractivity contribution is -0.120. The van der Waals surface area contributed by atoms with Gasteiger partial charge < -0.3 is 5.32 Å². The van der Waals surface area contributed by atoms with Crippen molar-refractivity contribution >= 4 is 34.0 Å². The van der Waals surface area contributed by atoms with Crippen molar-refractivity contribution in [3.8, 4) is 0 Å². The molecule has 5 heteroatoms.